The number of aromatic nitrogens is 2. The molecule has 0 atom stereocenters. The van der Waals surface area contributed by atoms with Gasteiger partial charge in [-0.05, 0) is 43.2 Å². The first-order valence-electron chi connectivity index (χ1n) is 6.91. The summed E-state index contributed by atoms with van der Waals surface area (Å²) in [4.78, 5) is 4.71. The van der Waals surface area contributed by atoms with E-state index in [1.165, 1.54) is 6.07 Å². The largest absolute Gasteiger partial charge is 0.296 e. The molecule has 0 aliphatic heterocycles. The van der Waals surface area contributed by atoms with E-state index < -0.39 is 0 Å². The number of benzene rings is 2. The molecule has 0 unspecified atom stereocenters. The van der Waals surface area contributed by atoms with Gasteiger partial charge in [-0.25, -0.2) is 9.37 Å². The van der Waals surface area contributed by atoms with Crippen molar-refractivity contribution in [3.8, 4) is 5.69 Å². The van der Waals surface area contributed by atoms with Gasteiger partial charge in [-0.3, -0.25) is 4.57 Å². The van der Waals surface area contributed by atoms with Crippen molar-refractivity contribution >= 4 is 22.6 Å². The summed E-state index contributed by atoms with van der Waals surface area (Å²) in [6, 6.07) is 10.9. The van der Waals surface area contributed by atoms with E-state index in [0.717, 1.165) is 33.7 Å². The minimum Gasteiger partial charge on any atom is -0.296 e. The molecule has 4 heteroatoms. The van der Waals surface area contributed by atoms with Gasteiger partial charge in [-0.15, -0.1) is 11.6 Å². The summed E-state index contributed by atoms with van der Waals surface area (Å²) in [5.41, 5.74) is 4.87. The van der Waals surface area contributed by atoms with Crippen LogP contribution in [0.3, 0.4) is 0 Å². The fraction of sp³-hybridized carbons (Fsp3) is 0.235. The Bertz CT molecular complexity index is 808. The maximum absolute atomic E-state index is 13.7. The molecule has 0 saturated heterocycles. The fourth-order valence-electron chi connectivity index (χ4n) is 2.63. The quantitative estimate of drug-likeness (QED) is 0.648. The highest BCUT2D eigenvalue weighted by Gasteiger charge is 2.15. The summed E-state index contributed by atoms with van der Waals surface area (Å²) >= 11 is 5.91. The SMILES string of the molecule is Cc1ccc(F)cc1-n1c(CCCl)nc2c(C)cccc21. The Labute approximate surface area is 128 Å². The Morgan fingerprint density at radius 2 is 1.95 bits per heavy atom. The van der Waals surface area contributed by atoms with Crippen LogP contribution in [0.1, 0.15) is 17.0 Å². The summed E-state index contributed by atoms with van der Waals surface area (Å²) in [6.45, 7) is 4.00. The monoisotopic (exact) mass is 302 g/mol. The maximum Gasteiger partial charge on any atom is 0.125 e. The van der Waals surface area contributed by atoms with Crippen LogP contribution in [-0.2, 0) is 6.42 Å². The Morgan fingerprint density at radius 3 is 2.71 bits per heavy atom. The molecule has 0 bridgehead atoms. The second-order valence-corrected chi connectivity index (χ2v) is 5.55. The van der Waals surface area contributed by atoms with Crippen LogP contribution in [-0.4, -0.2) is 15.4 Å². The van der Waals surface area contributed by atoms with E-state index >= 15 is 0 Å². The lowest BCUT2D eigenvalue weighted by Crippen LogP contribution is -2.04. The number of nitrogens with zero attached hydrogens (tertiary/aromatic N) is 2. The zero-order valence-electron chi connectivity index (χ0n) is 12.0. The molecule has 0 N–H and O–H groups in total. The topological polar surface area (TPSA) is 17.8 Å². The normalized spacial score (nSPS) is 11.2. The molecule has 2 nitrogen and oxygen atoms in total. The van der Waals surface area contributed by atoms with Gasteiger partial charge in [0.05, 0.1) is 16.7 Å². The zero-order valence-corrected chi connectivity index (χ0v) is 12.8. The van der Waals surface area contributed by atoms with Crippen molar-refractivity contribution in [2.45, 2.75) is 20.3 Å². The van der Waals surface area contributed by atoms with Crippen LogP contribution >= 0.6 is 11.6 Å². The first kappa shape index (κ1) is 14.1. The van der Waals surface area contributed by atoms with Crippen LogP contribution in [0.4, 0.5) is 4.39 Å². The molecule has 0 radical (unpaired) electrons. The molecule has 1 aromatic heterocycles. The number of fused-ring (bicyclic) bond motifs is 1. The standard InChI is InChI=1S/C17H16ClFN2/c1-11-6-7-13(19)10-15(11)21-14-5-3-4-12(2)17(14)20-16(21)8-9-18/h3-7,10H,8-9H2,1-2H3. The summed E-state index contributed by atoms with van der Waals surface area (Å²) in [5.74, 6) is 1.10. The first-order chi connectivity index (χ1) is 10.1. The third-order valence-electron chi connectivity index (χ3n) is 3.69. The molecule has 3 aromatic rings. The molecule has 21 heavy (non-hydrogen) atoms. The van der Waals surface area contributed by atoms with Crippen molar-refractivity contribution in [3.05, 3.63) is 59.2 Å². The van der Waals surface area contributed by atoms with Gasteiger partial charge in [0.15, 0.2) is 0 Å². The van der Waals surface area contributed by atoms with Gasteiger partial charge in [-0.1, -0.05) is 18.2 Å². The molecular formula is C17H16ClFN2. The van der Waals surface area contributed by atoms with Gasteiger partial charge in [0, 0.05) is 12.3 Å². The lowest BCUT2D eigenvalue weighted by atomic mass is 10.1. The van der Waals surface area contributed by atoms with Gasteiger partial charge in [-0.2, -0.15) is 0 Å². The van der Waals surface area contributed by atoms with Gasteiger partial charge < -0.3 is 0 Å². The van der Waals surface area contributed by atoms with E-state index in [9.17, 15) is 4.39 Å². The molecule has 0 aliphatic carbocycles. The number of hydrogen-bond acceptors (Lipinski definition) is 1. The van der Waals surface area contributed by atoms with Crippen molar-refractivity contribution in [1.82, 2.24) is 9.55 Å². The summed E-state index contributed by atoms with van der Waals surface area (Å²) < 4.78 is 15.7. The molecule has 108 valence electrons. The van der Waals surface area contributed by atoms with E-state index in [1.807, 2.05) is 36.6 Å². The molecule has 0 amide bonds. The fourth-order valence-corrected chi connectivity index (χ4v) is 2.80. The van der Waals surface area contributed by atoms with Gasteiger partial charge in [0.1, 0.15) is 11.6 Å². The minimum atomic E-state index is -0.248. The molecule has 2 aromatic carbocycles. The third kappa shape index (κ3) is 2.42. The van der Waals surface area contributed by atoms with Crippen molar-refractivity contribution in [3.63, 3.8) is 0 Å². The summed E-state index contributed by atoms with van der Waals surface area (Å²) in [6.07, 6.45) is 0.644. The van der Waals surface area contributed by atoms with E-state index in [1.54, 1.807) is 12.1 Å². The molecular weight excluding hydrogens is 287 g/mol. The lowest BCUT2D eigenvalue weighted by Gasteiger charge is -2.12. The zero-order chi connectivity index (χ0) is 15.0. The Balaban J connectivity index is 2.36. The number of aryl methyl sites for hydroxylation is 3. The maximum atomic E-state index is 13.7. The molecule has 1 heterocycles. The predicted octanol–water partition coefficient (Wildman–Crippen LogP) is 4.56. The molecule has 3 rings (SSSR count). The van der Waals surface area contributed by atoms with Crippen LogP contribution in [0.2, 0.25) is 0 Å². The van der Waals surface area contributed by atoms with Crippen LogP contribution in [0, 0.1) is 19.7 Å². The Hall–Kier alpha value is -1.87. The lowest BCUT2D eigenvalue weighted by molar-refractivity contribution is 0.626. The summed E-state index contributed by atoms with van der Waals surface area (Å²) in [5, 5.41) is 0. The number of rotatable bonds is 3. The van der Waals surface area contributed by atoms with Crippen molar-refractivity contribution in [1.29, 1.82) is 0 Å². The predicted molar refractivity (Wildman–Crippen MR) is 84.9 cm³/mol. The summed E-state index contributed by atoms with van der Waals surface area (Å²) in [7, 11) is 0. The molecule has 0 spiro atoms. The van der Waals surface area contributed by atoms with E-state index in [4.69, 9.17) is 16.6 Å². The molecule has 0 aliphatic rings. The third-order valence-corrected chi connectivity index (χ3v) is 3.88. The Kier molecular flexibility index (Phi) is 3.68. The van der Waals surface area contributed by atoms with Crippen molar-refractivity contribution in [2.24, 2.45) is 0 Å². The second kappa shape index (κ2) is 5.49. The van der Waals surface area contributed by atoms with E-state index in [0.29, 0.717) is 12.3 Å². The van der Waals surface area contributed by atoms with E-state index in [2.05, 4.69) is 0 Å². The van der Waals surface area contributed by atoms with Gasteiger partial charge in [0.25, 0.3) is 0 Å². The second-order valence-electron chi connectivity index (χ2n) is 5.18. The molecule has 0 fully saturated rings. The van der Waals surface area contributed by atoms with Crippen LogP contribution in [0.5, 0.6) is 0 Å². The highest BCUT2D eigenvalue weighted by Crippen LogP contribution is 2.26. The number of hydrogen-bond donors (Lipinski definition) is 0. The van der Waals surface area contributed by atoms with Crippen LogP contribution < -0.4 is 0 Å². The highest BCUT2D eigenvalue weighted by molar-refractivity contribution is 6.17. The van der Waals surface area contributed by atoms with Gasteiger partial charge >= 0.3 is 0 Å². The smallest absolute Gasteiger partial charge is 0.125 e. The van der Waals surface area contributed by atoms with Gasteiger partial charge in [0.2, 0.25) is 0 Å². The Morgan fingerprint density at radius 1 is 1.14 bits per heavy atom. The average molecular weight is 303 g/mol. The first-order valence-corrected chi connectivity index (χ1v) is 7.44. The number of para-hydroxylation sites is 1. The number of imidazole rings is 1. The number of halogens is 2. The van der Waals surface area contributed by atoms with Crippen molar-refractivity contribution < 1.29 is 4.39 Å². The van der Waals surface area contributed by atoms with Crippen molar-refractivity contribution in [2.75, 3.05) is 5.88 Å². The van der Waals surface area contributed by atoms with Crippen LogP contribution in [0.15, 0.2) is 36.4 Å². The molecule has 0 saturated carbocycles. The average Bonchev–Trinajstić information content (AvgIpc) is 2.82. The van der Waals surface area contributed by atoms with E-state index in [-0.39, 0.29) is 5.82 Å². The highest BCUT2D eigenvalue weighted by atomic mass is 35.5. The number of alkyl halides is 1. The van der Waals surface area contributed by atoms with Crippen LogP contribution in [0.25, 0.3) is 16.7 Å². The minimum absolute atomic E-state index is 0.248.